The maximum Gasteiger partial charge on any atom is 0.234 e. The van der Waals surface area contributed by atoms with E-state index in [0.29, 0.717) is 5.56 Å². The van der Waals surface area contributed by atoms with E-state index in [9.17, 15) is 14.7 Å². The van der Waals surface area contributed by atoms with E-state index in [1.165, 1.54) is 13.8 Å². The molecule has 0 atom stereocenters. The molecule has 1 N–H and O–H groups in total. The number of benzene rings is 1. The summed E-state index contributed by atoms with van der Waals surface area (Å²) in [7, 11) is 0. The first-order chi connectivity index (χ1) is 6.43. The van der Waals surface area contributed by atoms with Gasteiger partial charge >= 0.3 is 0 Å². The van der Waals surface area contributed by atoms with Crippen molar-refractivity contribution in [3.63, 3.8) is 0 Å². The van der Waals surface area contributed by atoms with Crippen LogP contribution in [0.1, 0.15) is 24.2 Å². The zero-order valence-electron chi connectivity index (χ0n) is 8.15. The predicted molar refractivity (Wildman–Crippen MR) is 52.1 cm³/mol. The first kappa shape index (κ1) is 10.6. The number of ketones is 2. The largest absolute Gasteiger partial charge is 0.382 e. The Hall–Kier alpha value is -1.48. The Balaban J connectivity index is 2.93. The van der Waals surface area contributed by atoms with Crippen LogP contribution in [0.15, 0.2) is 30.3 Å². The number of carbonyl (C=O) groups is 2. The number of hydrogen-bond donors (Lipinski definition) is 1. The third-order valence-corrected chi connectivity index (χ3v) is 1.80. The second-order valence-electron chi connectivity index (χ2n) is 3.58. The quantitative estimate of drug-likeness (QED) is 0.578. The van der Waals surface area contributed by atoms with Gasteiger partial charge in [-0.25, -0.2) is 0 Å². The lowest BCUT2D eigenvalue weighted by atomic mass is 9.96. The van der Waals surface area contributed by atoms with Crippen LogP contribution in [-0.4, -0.2) is 22.3 Å². The van der Waals surface area contributed by atoms with Gasteiger partial charge in [0.15, 0.2) is 0 Å². The van der Waals surface area contributed by atoms with E-state index < -0.39 is 17.2 Å². The highest BCUT2D eigenvalue weighted by Gasteiger charge is 2.30. The van der Waals surface area contributed by atoms with Crippen LogP contribution in [0.5, 0.6) is 0 Å². The van der Waals surface area contributed by atoms with E-state index >= 15 is 0 Å². The van der Waals surface area contributed by atoms with Gasteiger partial charge in [-0.3, -0.25) is 9.59 Å². The second-order valence-corrected chi connectivity index (χ2v) is 3.58. The number of carbonyl (C=O) groups excluding carboxylic acids is 2. The highest BCUT2D eigenvalue weighted by atomic mass is 16.3. The number of hydrogen-bond acceptors (Lipinski definition) is 3. The Morgan fingerprint density at radius 3 is 2.07 bits per heavy atom. The molecule has 0 heterocycles. The summed E-state index contributed by atoms with van der Waals surface area (Å²) in [5.74, 6) is -1.44. The average molecular weight is 192 g/mol. The molecule has 0 aliphatic carbocycles. The van der Waals surface area contributed by atoms with Crippen molar-refractivity contribution in [2.75, 3.05) is 0 Å². The summed E-state index contributed by atoms with van der Waals surface area (Å²) in [5, 5.41) is 9.35. The van der Waals surface area contributed by atoms with Gasteiger partial charge in [0.2, 0.25) is 11.6 Å². The maximum atomic E-state index is 11.5. The fourth-order valence-electron chi connectivity index (χ4n) is 0.998. The summed E-state index contributed by atoms with van der Waals surface area (Å²) in [5.41, 5.74) is -1.30. The van der Waals surface area contributed by atoms with Gasteiger partial charge in [0, 0.05) is 5.56 Å². The summed E-state index contributed by atoms with van der Waals surface area (Å²) in [6.45, 7) is 2.60. The molecule has 0 aromatic heterocycles. The van der Waals surface area contributed by atoms with Gasteiger partial charge < -0.3 is 5.11 Å². The Labute approximate surface area is 82.4 Å². The van der Waals surface area contributed by atoms with Crippen LogP contribution in [0, 0.1) is 0 Å². The molecule has 0 bridgehead atoms. The minimum Gasteiger partial charge on any atom is -0.382 e. The third-order valence-electron chi connectivity index (χ3n) is 1.80. The van der Waals surface area contributed by atoms with E-state index in [1.54, 1.807) is 30.3 Å². The normalized spacial score (nSPS) is 11.1. The molecular weight excluding hydrogens is 180 g/mol. The number of aliphatic hydroxyl groups is 1. The second kappa shape index (κ2) is 3.72. The summed E-state index contributed by atoms with van der Waals surface area (Å²) >= 11 is 0. The standard InChI is InChI=1S/C11H12O3/c1-11(2,14)10(13)9(12)8-6-4-3-5-7-8/h3-7,14H,1-2H3. The molecule has 0 aliphatic rings. The predicted octanol–water partition coefficient (Wildman–Crippen LogP) is 1.21. The van der Waals surface area contributed by atoms with Gasteiger partial charge in [-0.15, -0.1) is 0 Å². The van der Waals surface area contributed by atoms with Crippen LogP contribution >= 0.6 is 0 Å². The molecule has 0 unspecified atom stereocenters. The lowest BCUT2D eigenvalue weighted by Gasteiger charge is -2.13. The van der Waals surface area contributed by atoms with Gasteiger partial charge in [-0.1, -0.05) is 30.3 Å². The molecular formula is C11H12O3. The lowest BCUT2D eigenvalue weighted by molar-refractivity contribution is -0.129. The van der Waals surface area contributed by atoms with Gasteiger partial charge in [-0.2, -0.15) is 0 Å². The van der Waals surface area contributed by atoms with Crippen molar-refractivity contribution in [1.82, 2.24) is 0 Å². The molecule has 74 valence electrons. The molecule has 0 saturated carbocycles. The van der Waals surface area contributed by atoms with Gasteiger partial charge in [-0.05, 0) is 13.8 Å². The van der Waals surface area contributed by atoms with Crippen molar-refractivity contribution in [3.05, 3.63) is 35.9 Å². The van der Waals surface area contributed by atoms with Gasteiger partial charge in [0.05, 0.1) is 0 Å². The van der Waals surface area contributed by atoms with E-state index in [4.69, 9.17) is 0 Å². The molecule has 0 radical (unpaired) electrons. The molecule has 1 rings (SSSR count). The van der Waals surface area contributed by atoms with Crippen LogP contribution in [-0.2, 0) is 4.79 Å². The molecule has 1 aromatic carbocycles. The van der Waals surface area contributed by atoms with Crippen LogP contribution in [0.4, 0.5) is 0 Å². The van der Waals surface area contributed by atoms with Crippen LogP contribution in [0.2, 0.25) is 0 Å². The highest BCUT2D eigenvalue weighted by Crippen LogP contribution is 2.09. The molecule has 0 fully saturated rings. The van der Waals surface area contributed by atoms with Crippen molar-refractivity contribution in [1.29, 1.82) is 0 Å². The minimum atomic E-state index is -1.60. The monoisotopic (exact) mass is 192 g/mol. The minimum absolute atomic E-state index is 0.305. The molecule has 14 heavy (non-hydrogen) atoms. The Kier molecular flexibility index (Phi) is 2.81. The van der Waals surface area contributed by atoms with E-state index in [2.05, 4.69) is 0 Å². The lowest BCUT2D eigenvalue weighted by Crippen LogP contribution is -2.37. The Bertz CT molecular complexity index is 347. The Morgan fingerprint density at radius 1 is 1.14 bits per heavy atom. The molecule has 3 heteroatoms. The fraction of sp³-hybridized carbons (Fsp3) is 0.273. The molecule has 0 aliphatic heterocycles. The van der Waals surface area contributed by atoms with E-state index in [1.807, 2.05) is 0 Å². The highest BCUT2D eigenvalue weighted by molar-refractivity contribution is 6.46. The SMILES string of the molecule is CC(C)(O)C(=O)C(=O)c1ccccc1. The summed E-state index contributed by atoms with van der Waals surface area (Å²) in [6.07, 6.45) is 0. The van der Waals surface area contributed by atoms with Crippen LogP contribution in [0.25, 0.3) is 0 Å². The molecule has 0 amide bonds. The molecule has 0 spiro atoms. The molecule has 3 nitrogen and oxygen atoms in total. The van der Waals surface area contributed by atoms with Crippen molar-refractivity contribution in [3.8, 4) is 0 Å². The van der Waals surface area contributed by atoms with Crippen molar-refractivity contribution >= 4 is 11.6 Å². The maximum absolute atomic E-state index is 11.5. The third kappa shape index (κ3) is 2.26. The smallest absolute Gasteiger partial charge is 0.234 e. The zero-order valence-corrected chi connectivity index (χ0v) is 8.15. The van der Waals surface area contributed by atoms with Gasteiger partial charge in [0.1, 0.15) is 5.60 Å². The number of Topliss-reactive ketones (excluding diaryl/α,β-unsaturated/α-hetero) is 2. The topological polar surface area (TPSA) is 54.4 Å². The average Bonchev–Trinajstić information content (AvgIpc) is 2.15. The first-order valence-corrected chi connectivity index (χ1v) is 4.29. The Morgan fingerprint density at radius 2 is 1.64 bits per heavy atom. The summed E-state index contributed by atoms with van der Waals surface area (Å²) in [4.78, 5) is 22.8. The van der Waals surface area contributed by atoms with E-state index in [0.717, 1.165) is 0 Å². The number of rotatable bonds is 3. The molecule has 0 saturated heterocycles. The van der Waals surface area contributed by atoms with Crippen LogP contribution < -0.4 is 0 Å². The van der Waals surface area contributed by atoms with Crippen molar-refractivity contribution < 1.29 is 14.7 Å². The van der Waals surface area contributed by atoms with Crippen LogP contribution in [0.3, 0.4) is 0 Å². The van der Waals surface area contributed by atoms with Gasteiger partial charge in [0.25, 0.3) is 0 Å². The first-order valence-electron chi connectivity index (χ1n) is 4.29. The summed E-state index contributed by atoms with van der Waals surface area (Å²) < 4.78 is 0. The zero-order chi connectivity index (χ0) is 10.8. The molecule has 1 aromatic rings. The van der Waals surface area contributed by atoms with E-state index in [-0.39, 0.29) is 0 Å². The fourth-order valence-corrected chi connectivity index (χ4v) is 0.998. The van der Waals surface area contributed by atoms with Crippen molar-refractivity contribution in [2.24, 2.45) is 0 Å². The summed E-state index contributed by atoms with van der Waals surface area (Å²) in [6, 6.07) is 8.19. The van der Waals surface area contributed by atoms with Crippen molar-refractivity contribution in [2.45, 2.75) is 19.4 Å².